The number of anilines is 1. The zero-order valence-corrected chi connectivity index (χ0v) is 10.2. The molecule has 0 spiro atoms. The molecule has 98 valence electrons. The summed E-state index contributed by atoms with van der Waals surface area (Å²) in [6, 6.07) is 4.71. The fourth-order valence-electron chi connectivity index (χ4n) is 2.45. The van der Waals surface area contributed by atoms with E-state index in [-0.39, 0.29) is 24.8 Å². The fraction of sp³-hybridized carbons (Fsp3) is 0.250. The number of H-pyrrole nitrogens is 1. The number of aryl methyl sites for hydroxylation is 1. The number of nitro benzene ring substituents is 1. The third-order valence-electron chi connectivity index (χ3n) is 3.29. The lowest BCUT2D eigenvalue weighted by Gasteiger charge is -2.25. The maximum Gasteiger partial charge on any atom is 0.293 e. The third-order valence-corrected chi connectivity index (χ3v) is 3.29. The lowest BCUT2D eigenvalue weighted by atomic mass is 9.99. The molecule has 0 fully saturated rings. The highest BCUT2D eigenvalue weighted by molar-refractivity contribution is 5.87. The lowest BCUT2D eigenvalue weighted by molar-refractivity contribution is -0.384. The van der Waals surface area contributed by atoms with Crippen molar-refractivity contribution >= 4 is 11.4 Å². The maximum atomic E-state index is 12.0. The molecule has 2 aromatic rings. The Morgan fingerprint density at radius 1 is 1.53 bits per heavy atom. The van der Waals surface area contributed by atoms with E-state index in [2.05, 4.69) is 5.10 Å². The van der Waals surface area contributed by atoms with E-state index < -0.39 is 4.92 Å². The monoisotopic (exact) mass is 261 g/mol. The van der Waals surface area contributed by atoms with Gasteiger partial charge in [0.15, 0.2) is 0 Å². The Morgan fingerprint density at radius 3 is 3.00 bits per heavy atom. The van der Waals surface area contributed by atoms with E-state index in [1.807, 2.05) is 0 Å². The van der Waals surface area contributed by atoms with E-state index in [0.29, 0.717) is 22.5 Å². The van der Waals surface area contributed by atoms with Crippen molar-refractivity contribution in [2.45, 2.75) is 6.54 Å². The fourth-order valence-corrected chi connectivity index (χ4v) is 2.45. The molecule has 7 nitrogen and oxygen atoms in total. The van der Waals surface area contributed by atoms with Gasteiger partial charge in [-0.25, -0.2) is 0 Å². The number of benzene rings is 1. The van der Waals surface area contributed by atoms with Gasteiger partial charge in [0.25, 0.3) is 11.2 Å². The molecule has 19 heavy (non-hydrogen) atoms. The van der Waals surface area contributed by atoms with Crippen LogP contribution < -0.4 is 10.5 Å². The van der Waals surface area contributed by atoms with Crippen LogP contribution in [0.1, 0.15) is 6.93 Å². The summed E-state index contributed by atoms with van der Waals surface area (Å²) >= 11 is 0. The molecule has 3 rings (SSSR count). The van der Waals surface area contributed by atoms with Crippen LogP contribution in [0.3, 0.4) is 0 Å². The van der Waals surface area contributed by atoms with Gasteiger partial charge in [-0.15, -0.1) is 0 Å². The second-order valence-electron chi connectivity index (χ2n) is 4.46. The number of nitro groups is 1. The Kier molecular flexibility index (Phi) is 2.02. The van der Waals surface area contributed by atoms with Gasteiger partial charge in [0.1, 0.15) is 5.69 Å². The van der Waals surface area contributed by atoms with E-state index in [9.17, 15) is 14.9 Å². The van der Waals surface area contributed by atoms with Crippen molar-refractivity contribution in [2.75, 3.05) is 11.9 Å². The first kappa shape index (κ1) is 10.4. The number of hydrogen-bond acceptors (Lipinski definition) is 4. The first-order valence-corrected chi connectivity index (χ1v) is 5.64. The predicted octanol–water partition coefficient (Wildman–Crippen LogP) is 1.24. The summed E-state index contributed by atoms with van der Waals surface area (Å²) in [5, 5.41) is 14.1. The molecule has 0 amide bonds. The molecule has 0 unspecified atom stereocenters. The number of fused-ring (bicyclic) bond motifs is 3. The summed E-state index contributed by atoms with van der Waals surface area (Å²) in [4.78, 5) is 24.2. The van der Waals surface area contributed by atoms with E-state index in [1.165, 1.54) is 15.6 Å². The van der Waals surface area contributed by atoms with Crippen LogP contribution in [0.5, 0.6) is 0 Å². The molecule has 0 saturated carbocycles. The molecule has 1 aliphatic heterocycles. The van der Waals surface area contributed by atoms with Crippen molar-refractivity contribution in [3.63, 3.8) is 0 Å². The topological polar surface area (TPSA) is 84.2 Å². The van der Waals surface area contributed by atoms with Gasteiger partial charge in [-0.2, -0.15) is 0 Å². The van der Waals surface area contributed by atoms with E-state index >= 15 is 0 Å². The number of para-hydroxylation sites is 1. The molecule has 0 radical (unpaired) electrons. The minimum atomic E-state index is -0.465. The first-order chi connectivity index (χ1) is 9.54. The predicted molar refractivity (Wildman–Crippen MR) is 70.2 cm³/mol. The molecule has 1 aromatic heterocycles. The van der Waals surface area contributed by atoms with Gasteiger partial charge in [-0.3, -0.25) is 24.7 Å². The average molecular weight is 261 g/mol. The minimum Gasteiger partial charge on any atom is -0.364 e. The second-order valence-corrected chi connectivity index (χ2v) is 4.46. The molecule has 0 atom stereocenters. The summed E-state index contributed by atoms with van der Waals surface area (Å²) in [6.07, 6.45) is 0. The first-order valence-electron chi connectivity index (χ1n) is 6.35. The number of nitrogens with zero attached hydrogens (tertiary/aromatic N) is 3. The summed E-state index contributed by atoms with van der Waals surface area (Å²) in [5.41, 5.74) is 1.89. The molecule has 2 heterocycles. The van der Waals surface area contributed by atoms with Crippen LogP contribution >= 0.6 is 0 Å². The highest BCUT2D eigenvalue weighted by atomic mass is 16.6. The zero-order chi connectivity index (χ0) is 14.4. The number of aromatic nitrogens is 2. The van der Waals surface area contributed by atoms with Crippen LogP contribution in [-0.2, 0) is 13.6 Å². The second kappa shape index (κ2) is 3.71. The maximum absolute atomic E-state index is 12.0. The van der Waals surface area contributed by atoms with Gasteiger partial charge < -0.3 is 4.90 Å². The van der Waals surface area contributed by atoms with Crippen molar-refractivity contribution in [1.29, 1.82) is 0 Å². The number of aromatic amines is 1. The normalized spacial score (nSPS) is 13.7. The van der Waals surface area contributed by atoms with Crippen molar-refractivity contribution < 1.29 is 6.29 Å². The van der Waals surface area contributed by atoms with Crippen LogP contribution in [-0.4, -0.2) is 21.7 Å². The van der Waals surface area contributed by atoms with Gasteiger partial charge in [-0.05, 0) is 0 Å². The molecule has 1 N–H and O–H groups in total. The number of rotatable bonds is 1. The molecule has 0 bridgehead atoms. The highest BCUT2D eigenvalue weighted by Crippen LogP contribution is 2.41. The van der Waals surface area contributed by atoms with E-state index in [0.717, 1.165) is 0 Å². The van der Waals surface area contributed by atoms with Crippen LogP contribution in [0.4, 0.5) is 11.4 Å². The van der Waals surface area contributed by atoms with E-state index in [1.54, 1.807) is 19.2 Å². The standard InChI is InChI=1S/C12H12N4O3/c1-14-6-8-10(13-15(2)12(8)17)7-4-3-5-9(11(7)14)16(18)19/h3-5,13H,6H2,1-2H3/i1D. The quantitative estimate of drug-likeness (QED) is 0.618. The molecule has 1 aromatic carbocycles. The molecule has 7 heteroatoms. The number of hydrogen-bond donors (Lipinski definition) is 1. The Balaban J connectivity index is 2.35. The van der Waals surface area contributed by atoms with Gasteiger partial charge in [0.05, 0.1) is 22.7 Å². The van der Waals surface area contributed by atoms with Gasteiger partial charge in [0.2, 0.25) is 0 Å². The Labute approximate surface area is 109 Å². The lowest BCUT2D eigenvalue weighted by Crippen LogP contribution is -2.26. The van der Waals surface area contributed by atoms with Crippen LogP contribution in [0.25, 0.3) is 11.3 Å². The Morgan fingerprint density at radius 2 is 2.32 bits per heavy atom. The third kappa shape index (κ3) is 1.48. The van der Waals surface area contributed by atoms with Gasteiger partial charge in [-0.1, -0.05) is 12.1 Å². The average Bonchev–Trinajstić information content (AvgIpc) is 2.73. The Hall–Kier alpha value is -2.57. The largest absolute Gasteiger partial charge is 0.364 e. The zero-order valence-electron chi connectivity index (χ0n) is 11.2. The SMILES string of the molecule is [2H]CN1Cc2c([nH]n(C)c2=O)-c2cccc([N+](=O)[O-])c21. The van der Waals surface area contributed by atoms with E-state index in [4.69, 9.17) is 1.37 Å². The smallest absolute Gasteiger partial charge is 0.293 e. The van der Waals surface area contributed by atoms with Crippen molar-refractivity contribution in [3.05, 3.63) is 44.2 Å². The van der Waals surface area contributed by atoms with Crippen LogP contribution in [0, 0.1) is 10.1 Å². The van der Waals surface area contributed by atoms with Gasteiger partial charge in [0, 0.05) is 27.1 Å². The summed E-state index contributed by atoms with van der Waals surface area (Å²) in [6.45, 7) is 0.201. The molecular weight excluding hydrogens is 248 g/mol. The minimum absolute atomic E-state index is 0.0508. The molecule has 0 saturated heterocycles. The van der Waals surface area contributed by atoms with Crippen molar-refractivity contribution in [1.82, 2.24) is 9.78 Å². The van der Waals surface area contributed by atoms with Crippen LogP contribution in [0.15, 0.2) is 23.0 Å². The molecule has 0 aliphatic carbocycles. The van der Waals surface area contributed by atoms with Crippen molar-refractivity contribution in [3.8, 4) is 11.3 Å². The van der Waals surface area contributed by atoms with Crippen molar-refractivity contribution in [2.24, 2.45) is 7.05 Å². The number of nitrogens with one attached hydrogen (secondary N) is 1. The highest BCUT2D eigenvalue weighted by Gasteiger charge is 2.30. The molecule has 1 aliphatic rings. The van der Waals surface area contributed by atoms with Gasteiger partial charge >= 0.3 is 0 Å². The molecular formula is C12H12N4O3. The van der Waals surface area contributed by atoms with Crippen LogP contribution in [0.2, 0.25) is 0 Å². The Bertz CT molecular complexity index is 765. The summed E-state index contributed by atoms with van der Waals surface area (Å²) in [7, 11) is 1.45. The summed E-state index contributed by atoms with van der Waals surface area (Å²) in [5.74, 6) is 0. The summed E-state index contributed by atoms with van der Waals surface area (Å²) < 4.78 is 8.92.